The second kappa shape index (κ2) is 7.67. The maximum Gasteiger partial charge on any atom is 0.255 e. The van der Waals surface area contributed by atoms with E-state index in [1.54, 1.807) is 18.2 Å². The van der Waals surface area contributed by atoms with Crippen LogP contribution in [0.5, 0.6) is 5.75 Å². The van der Waals surface area contributed by atoms with Crippen LogP contribution in [0.15, 0.2) is 18.2 Å². The van der Waals surface area contributed by atoms with E-state index >= 15 is 0 Å². The van der Waals surface area contributed by atoms with Crippen molar-refractivity contribution in [3.63, 3.8) is 0 Å². The molecule has 0 heterocycles. The number of aromatic hydroxyl groups is 1. The predicted molar refractivity (Wildman–Crippen MR) is 81.4 cm³/mol. The van der Waals surface area contributed by atoms with Crippen molar-refractivity contribution in [1.82, 2.24) is 5.32 Å². The van der Waals surface area contributed by atoms with Crippen molar-refractivity contribution in [3.8, 4) is 5.75 Å². The second-order valence-corrected chi connectivity index (χ2v) is 5.48. The van der Waals surface area contributed by atoms with Gasteiger partial charge in [0, 0.05) is 6.04 Å². The minimum atomic E-state index is -0.285. The van der Waals surface area contributed by atoms with Gasteiger partial charge in [-0.1, -0.05) is 38.2 Å². The SMILES string of the molecule is O=CNc1cccc(C(=O)NC2CCCCCCC2)c1O. The Bertz CT molecular complexity index is 494. The van der Waals surface area contributed by atoms with E-state index in [1.807, 2.05) is 0 Å². The summed E-state index contributed by atoms with van der Waals surface area (Å²) in [6, 6.07) is 4.92. The number of anilines is 1. The highest BCUT2D eigenvalue weighted by atomic mass is 16.3. The molecule has 5 heteroatoms. The summed E-state index contributed by atoms with van der Waals surface area (Å²) in [5.41, 5.74) is 0.444. The Hall–Kier alpha value is -2.04. The van der Waals surface area contributed by atoms with Gasteiger partial charge in [0.15, 0.2) is 5.75 Å². The molecule has 1 aliphatic carbocycles. The Labute approximate surface area is 124 Å². The van der Waals surface area contributed by atoms with E-state index in [4.69, 9.17) is 0 Å². The lowest BCUT2D eigenvalue weighted by molar-refractivity contribution is -0.105. The van der Waals surface area contributed by atoms with Crippen LogP contribution >= 0.6 is 0 Å². The molecule has 114 valence electrons. The summed E-state index contributed by atoms with van der Waals surface area (Å²) in [6.07, 6.45) is 8.42. The molecule has 0 radical (unpaired) electrons. The van der Waals surface area contributed by atoms with E-state index in [2.05, 4.69) is 10.6 Å². The predicted octanol–water partition coefficient (Wildman–Crippen LogP) is 2.80. The molecular weight excluding hydrogens is 268 g/mol. The zero-order chi connectivity index (χ0) is 15.1. The number of hydrogen-bond acceptors (Lipinski definition) is 3. The van der Waals surface area contributed by atoms with Crippen LogP contribution in [0.1, 0.15) is 55.3 Å². The van der Waals surface area contributed by atoms with E-state index < -0.39 is 0 Å². The lowest BCUT2D eigenvalue weighted by atomic mass is 9.96. The van der Waals surface area contributed by atoms with E-state index in [0.29, 0.717) is 6.41 Å². The molecule has 0 aromatic heterocycles. The average Bonchev–Trinajstić information content (AvgIpc) is 2.44. The number of phenolic OH excluding ortho intramolecular Hbond substituents is 1. The Kier molecular flexibility index (Phi) is 5.60. The van der Waals surface area contributed by atoms with Gasteiger partial charge in [0.1, 0.15) is 0 Å². The Morgan fingerprint density at radius 3 is 2.48 bits per heavy atom. The highest BCUT2D eigenvalue weighted by Crippen LogP contribution is 2.27. The summed E-state index contributed by atoms with van der Waals surface area (Å²) in [5, 5.41) is 15.4. The van der Waals surface area contributed by atoms with Crippen LogP contribution in [0.4, 0.5) is 5.69 Å². The molecule has 0 bridgehead atoms. The van der Waals surface area contributed by atoms with Crippen molar-refractivity contribution in [2.45, 2.75) is 51.0 Å². The van der Waals surface area contributed by atoms with Crippen LogP contribution in [-0.4, -0.2) is 23.5 Å². The Morgan fingerprint density at radius 2 is 1.81 bits per heavy atom. The fourth-order valence-electron chi connectivity index (χ4n) is 2.77. The highest BCUT2D eigenvalue weighted by molar-refractivity contribution is 5.99. The van der Waals surface area contributed by atoms with Gasteiger partial charge < -0.3 is 15.7 Å². The molecule has 21 heavy (non-hydrogen) atoms. The van der Waals surface area contributed by atoms with Crippen molar-refractivity contribution in [3.05, 3.63) is 23.8 Å². The Balaban J connectivity index is 2.05. The molecule has 5 nitrogen and oxygen atoms in total. The number of benzene rings is 1. The van der Waals surface area contributed by atoms with Gasteiger partial charge in [-0.25, -0.2) is 0 Å². The van der Waals surface area contributed by atoms with Gasteiger partial charge in [0.25, 0.3) is 5.91 Å². The van der Waals surface area contributed by atoms with Crippen LogP contribution < -0.4 is 10.6 Å². The molecule has 1 saturated carbocycles. The van der Waals surface area contributed by atoms with Crippen LogP contribution in [0.2, 0.25) is 0 Å². The molecule has 0 saturated heterocycles. The fraction of sp³-hybridized carbons (Fsp3) is 0.500. The zero-order valence-electron chi connectivity index (χ0n) is 12.1. The highest BCUT2D eigenvalue weighted by Gasteiger charge is 2.18. The quantitative estimate of drug-likeness (QED) is 0.589. The van der Waals surface area contributed by atoms with Gasteiger partial charge in [-0.3, -0.25) is 9.59 Å². The molecule has 1 aromatic rings. The van der Waals surface area contributed by atoms with Crippen molar-refractivity contribution >= 4 is 18.0 Å². The topological polar surface area (TPSA) is 78.4 Å². The number of hydrogen-bond donors (Lipinski definition) is 3. The summed E-state index contributed by atoms with van der Waals surface area (Å²) >= 11 is 0. The van der Waals surface area contributed by atoms with Gasteiger partial charge in [-0.15, -0.1) is 0 Å². The summed E-state index contributed by atoms with van der Waals surface area (Å²) in [5.74, 6) is -0.472. The summed E-state index contributed by atoms with van der Waals surface area (Å²) in [7, 11) is 0. The molecule has 1 fully saturated rings. The number of para-hydroxylation sites is 1. The number of carbonyl (C=O) groups is 2. The molecule has 1 aliphatic rings. The zero-order valence-corrected chi connectivity index (χ0v) is 12.1. The minimum absolute atomic E-state index is 0.167. The van der Waals surface area contributed by atoms with Crippen molar-refractivity contribution in [2.24, 2.45) is 0 Å². The maximum absolute atomic E-state index is 12.3. The summed E-state index contributed by atoms with van der Waals surface area (Å²) in [4.78, 5) is 22.8. The van der Waals surface area contributed by atoms with Gasteiger partial charge in [0.05, 0.1) is 11.3 Å². The molecule has 1 aromatic carbocycles. The smallest absolute Gasteiger partial charge is 0.255 e. The first-order chi connectivity index (χ1) is 10.2. The number of carbonyl (C=O) groups excluding carboxylic acids is 2. The molecule has 2 amide bonds. The summed E-state index contributed by atoms with van der Waals surface area (Å²) in [6.45, 7) is 0. The standard InChI is InChI=1S/C16H22N2O3/c19-11-17-14-10-6-9-13(15(14)20)16(21)18-12-7-4-2-1-3-5-8-12/h6,9-12,20H,1-5,7-8H2,(H,17,19)(H,18,21). The van der Waals surface area contributed by atoms with Gasteiger partial charge >= 0.3 is 0 Å². The largest absolute Gasteiger partial charge is 0.505 e. The van der Waals surface area contributed by atoms with Crippen LogP contribution in [0.3, 0.4) is 0 Å². The summed E-state index contributed by atoms with van der Waals surface area (Å²) < 4.78 is 0. The molecule has 0 aliphatic heterocycles. The first-order valence-corrected chi connectivity index (χ1v) is 7.55. The van der Waals surface area contributed by atoms with E-state index in [0.717, 1.165) is 25.7 Å². The van der Waals surface area contributed by atoms with Crippen LogP contribution in [0, 0.1) is 0 Å². The van der Waals surface area contributed by atoms with E-state index in [-0.39, 0.29) is 28.9 Å². The Morgan fingerprint density at radius 1 is 1.14 bits per heavy atom. The monoisotopic (exact) mass is 290 g/mol. The molecule has 0 spiro atoms. The second-order valence-electron chi connectivity index (χ2n) is 5.48. The van der Waals surface area contributed by atoms with Gasteiger partial charge in [-0.05, 0) is 25.0 Å². The number of phenols is 1. The fourth-order valence-corrected chi connectivity index (χ4v) is 2.77. The number of amides is 2. The normalized spacial score (nSPS) is 16.6. The van der Waals surface area contributed by atoms with Crippen molar-refractivity contribution < 1.29 is 14.7 Å². The van der Waals surface area contributed by atoms with Gasteiger partial charge in [0.2, 0.25) is 6.41 Å². The van der Waals surface area contributed by atoms with Crippen molar-refractivity contribution in [1.29, 1.82) is 0 Å². The van der Waals surface area contributed by atoms with Crippen molar-refractivity contribution in [2.75, 3.05) is 5.32 Å². The minimum Gasteiger partial charge on any atom is -0.505 e. The lowest BCUT2D eigenvalue weighted by Gasteiger charge is -2.21. The third-order valence-corrected chi connectivity index (χ3v) is 3.94. The first-order valence-electron chi connectivity index (χ1n) is 7.55. The van der Waals surface area contributed by atoms with Gasteiger partial charge in [-0.2, -0.15) is 0 Å². The van der Waals surface area contributed by atoms with E-state index in [1.165, 1.54) is 19.3 Å². The van der Waals surface area contributed by atoms with E-state index in [9.17, 15) is 14.7 Å². The molecule has 3 N–H and O–H groups in total. The van der Waals surface area contributed by atoms with Crippen LogP contribution in [-0.2, 0) is 4.79 Å². The molecule has 0 atom stereocenters. The third kappa shape index (κ3) is 4.21. The average molecular weight is 290 g/mol. The molecule has 2 rings (SSSR count). The third-order valence-electron chi connectivity index (χ3n) is 3.94. The maximum atomic E-state index is 12.3. The number of nitrogens with one attached hydrogen (secondary N) is 2. The van der Waals surface area contributed by atoms with Crippen LogP contribution in [0.25, 0.3) is 0 Å². The molecule has 0 unspecified atom stereocenters. The molecular formula is C16H22N2O3. The first kappa shape index (κ1) is 15.4. The number of rotatable bonds is 4. The lowest BCUT2D eigenvalue weighted by Crippen LogP contribution is -2.35.